The number of likely N-dealkylation sites (tertiary alicyclic amines) is 6. The SMILES string of the molecule is CC(C)(C)C(CCc1cc(F)c(F)cc1F)C(=O)N1CCC[C@H]1C(=O)N1C[C@]2(C[C@H]1C#N)C(=O)Nc1ccccc12.CC(C)(C)C(CCc1cc(F)c(F)cc1F)C(=O)N1CCC[C@H]1C(=O)N1C[C@]2(C[C@H]1C#N)C(=O)Nc1ccccc12.CC(C)(C)C(N)C(=O)N1CCC[C@H]1C(=O)N1C[C@]2(C[C@H]1C#N)C(=O)Nc1ccccc12. The molecule has 3 spiro atoms. The number of carbonyl (C=O) groups excluding carboxylic acids is 9. The molecular formula is C85H95F6N13O9. The fourth-order valence-electron chi connectivity index (χ4n) is 18.3. The lowest BCUT2D eigenvalue weighted by molar-refractivity contribution is -0.148. The molecule has 113 heavy (non-hydrogen) atoms. The molecule has 14 rings (SSSR count). The van der Waals surface area contributed by atoms with E-state index in [1.54, 1.807) is 26.8 Å². The number of anilines is 3. The number of para-hydroxylation sites is 3. The Hall–Kier alpha value is -10.7. The monoisotopic (exact) mass is 1560 g/mol. The Morgan fingerprint density at radius 2 is 0.717 bits per heavy atom. The van der Waals surface area contributed by atoms with Crippen LogP contribution in [0, 0.1) is 97.0 Å². The van der Waals surface area contributed by atoms with Gasteiger partial charge in [0.2, 0.25) is 53.2 Å². The van der Waals surface area contributed by atoms with E-state index in [1.165, 1.54) is 14.7 Å². The van der Waals surface area contributed by atoms with Gasteiger partial charge in [0.05, 0.1) is 40.5 Å². The summed E-state index contributed by atoms with van der Waals surface area (Å²) in [5.41, 5.74) is 6.03. The zero-order valence-corrected chi connectivity index (χ0v) is 64.9. The van der Waals surface area contributed by atoms with Gasteiger partial charge in [-0.05, 0) is 139 Å². The summed E-state index contributed by atoms with van der Waals surface area (Å²) in [7, 11) is 0. The Balaban J connectivity index is 0.000000159. The topological polar surface area (TPSA) is 307 Å². The summed E-state index contributed by atoms with van der Waals surface area (Å²) in [6.45, 7) is 18.3. The Morgan fingerprint density at radius 1 is 0.434 bits per heavy atom. The number of hydrogen-bond acceptors (Lipinski definition) is 13. The van der Waals surface area contributed by atoms with E-state index in [2.05, 4.69) is 34.2 Å². The van der Waals surface area contributed by atoms with Crippen molar-refractivity contribution in [1.82, 2.24) is 29.4 Å². The lowest BCUT2D eigenvalue weighted by Crippen LogP contribution is -2.56. The highest BCUT2D eigenvalue weighted by Gasteiger charge is 2.61. The second-order valence-electron chi connectivity index (χ2n) is 34.7. The molecule has 0 bridgehead atoms. The van der Waals surface area contributed by atoms with Crippen LogP contribution >= 0.6 is 0 Å². The van der Waals surface area contributed by atoms with Crippen molar-refractivity contribution in [1.29, 1.82) is 15.8 Å². The fraction of sp³-hybridized carbons (Fsp3) is 0.506. The number of aryl methyl sites for hydroxylation is 2. The molecule has 9 aliphatic heterocycles. The Morgan fingerprint density at radius 3 is 1.00 bits per heavy atom. The maximum Gasteiger partial charge on any atom is 0.246 e. The van der Waals surface area contributed by atoms with Crippen molar-refractivity contribution < 1.29 is 69.5 Å². The van der Waals surface area contributed by atoms with Crippen LogP contribution in [-0.4, -0.2) is 164 Å². The van der Waals surface area contributed by atoms with E-state index in [1.807, 2.05) is 123 Å². The van der Waals surface area contributed by atoms with Gasteiger partial charge >= 0.3 is 0 Å². The van der Waals surface area contributed by atoms with Gasteiger partial charge in [0.25, 0.3) is 0 Å². The molecule has 6 saturated heterocycles. The van der Waals surface area contributed by atoms with E-state index in [4.69, 9.17) is 5.73 Å². The minimum absolute atomic E-state index is 0.0167. The summed E-state index contributed by atoms with van der Waals surface area (Å²) in [6, 6.07) is 25.9. The summed E-state index contributed by atoms with van der Waals surface area (Å²) in [5, 5.41) is 38.4. The first-order chi connectivity index (χ1) is 53.3. The van der Waals surface area contributed by atoms with Crippen molar-refractivity contribution in [3.8, 4) is 18.2 Å². The van der Waals surface area contributed by atoms with Crippen molar-refractivity contribution in [3.63, 3.8) is 0 Å². The first-order valence-electron chi connectivity index (χ1n) is 38.6. The van der Waals surface area contributed by atoms with Crippen LogP contribution in [0.5, 0.6) is 0 Å². The smallest absolute Gasteiger partial charge is 0.246 e. The van der Waals surface area contributed by atoms with Crippen LogP contribution in [0.3, 0.4) is 0 Å². The quantitative estimate of drug-likeness (QED) is 0.0668. The highest BCUT2D eigenvalue weighted by atomic mass is 19.2. The van der Waals surface area contributed by atoms with Gasteiger partial charge in [0.1, 0.15) is 47.9 Å². The Kier molecular flexibility index (Phi) is 22.7. The van der Waals surface area contributed by atoms with Crippen molar-refractivity contribution in [2.24, 2.45) is 33.8 Å². The zero-order chi connectivity index (χ0) is 81.9. The second-order valence-corrected chi connectivity index (χ2v) is 34.7. The number of nitriles is 3. The normalized spacial score (nSPS) is 25.5. The zero-order valence-electron chi connectivity index (χ0n) is 64.9. The highest BCUT2D eigenvalue weighted by molar-refractivity contribution is 6.09. The molecule has 6 fully saturated rings. The van der Waals surface area contributed by atoms with E-state index in [9.17, 15) is 85.3 Å². The average molecular weight is 1560 g/mol. The predicted molar refractivity (Wildman–Crippen MR) is 404 cm³/mol. The third kappa shape index (κ3) is 15.2. The maximum absolute atomic E-state index is 14.3. The Bertz CT molecular complexity index is 4590. The molecular weight excluding hydrogens is 1460 g/mol. The van der Waals surface area contributed by atoms with Crippen LogP contribution in [0.15, 0.2) is 97.1 Å². The summed E-state index contributed by atoms with van der Waals surface area (Å²) in [6.07, 6.45) is 4.24. The molecule has 0 saturated carbocycles. The largest absolute Gasteiger partial charge is 0.330 e. The summed E-state index contributed by atoms with van der Waals surface area (Å²) in [5.74, 6) is -10.3. The molecule has 5 N–H and O–H groups in total. The van der Waals surface area contributed by atoms with Gasteiger partial charge in [-0.15, -0.1) is 0 Å². The maximum atomic E-state index is 14.3. The minimum atomic E-state index is -1.27. The van der Waals surface area contributed by atoms with Crippen LogP contribution in [0.2, 0.25) is 0 Å². The van der Waals surface area contributed by atoms with Gasteiger partial charge < -0.3 is 51.1 Å². The van der Waals surface area contributed by atoms with E-state index in [-0.39, 0.29) is 129 Å². The number of nitrogens with two attached hydrogens (primary N) is 1. The molecule has 28 heteroatoms. The number of carbonyl (C=O) groups is 9. The molecule has 12 atom stereocenters. The number of halogens is 6. The fourth-order valence-corrected chi connectivity index (χ4v) is 18.3. The number of fused-ring (bicyclic) bond motifs is 6. The molecule has 5 aromatic carbocycles. The van der Waals surface area contributed by atoms with Crippen LogP contribution in [0.1, 0.15) is 161 Å². The first kappa shape index (κ1) is 81.8. The van der Waals surface area contributed by atoms with Gasteiger partial charge in [-0.25, -0.2) is 26.3 Å². The number of amides is 9. The van der Waals surface area contributed by atoms with Crippen molar-refractivity contribution >= 4 is 70.2 Å². The average Bonchev–Trinajstić information content (AvgIpc) is 1.58. The van der Waals surface area contributed by atoms with E-state index >= 15 is 0 Å². The van der Waals surface area contributed by atoms with E-state index in [0.717, 1.165) is 34.5 Å². The number of hydrogen-bond donors (Lipinski definition) is 4. The van der Waals surface area contributed by atoms with E-state index in [0.29, 0.717) is 81.7 Å². The molecule has 596 valence electrons. The molecule has 5 aromatic rings. The summed E-state index contributed by atoms with van der Waals surface area (Å²) >= 11 is 0. The van der Waals surface area contributed by atoms with Crippen LogP contribution in [0.25, 0.3) is 0 Å². The van der Waals surface area contributed by atoms with Gasteiger partial charge in [0.15, 0.2) is 23.3 Å². The van der Waals surface area contributed by atoms with E-state index < -0.39 is 122 Å². The number of nitrogens with one attached hydrogen (secondary N) is 3. The standard InChI is InChI=1S/2C31H33F3N4O3.C23H29N5O3/c2*1-30(2,3)21(11-10-18-13-23(33)24(34)14-22(18)32)27(39)37-12-6-9-26(37)28(40)38-17-31(15-19(38)16-35)20-7-4-5-8-25(20)36-29(31)41;1-22(2,3)18(25)20(30)27-10-6-9-17(27)19(29)28-13-23(11-14(28)12-24)15-7-4-5-8-16(15)26-21(23)31/h2*4-5,7-8,13-14,19,21,26H,6,9-12,15,17H2,1-3H3,(H,36,41);4-5,7-8,14,17-18H,6,9-11,13,25H2,1-3H3,(H,26,31)/t2*19-,21?,26-,31-;14-,17-,18?,23-/m000/s1. The molecule has 9 aliphatic rings. The van der Waals surface area contributed by atoms with Crippen molar-refractivity contribution in [2.75, 3.05) is 55.2 Å². The number of nitrogens with zero attached hydrogens (tertiary/aromatic N) is 9. The highest BCUT2D eigenvalue weighted by Crippen LogP contribution is 2.51. The number of rotatable bonds is 12. The summed E-state index contributed by atoms with van der Waals surface area (Å²) < 4.78 is 83.1. The lowest BCUT2D eigenvalue weighted by Gasteiger charge is -2.36. The first-order valence-corrected chi connectivity index (χ1v) is 38.6. The number of benzene rings is 5. The van der Waals surface area contributed by atoms with Gasteiger partial charge in [-0.1, -0.05) is 117 Å². The molecule has 9 amide bonds. The second kappa shape index (κ2) is 31.4. The molecule has 0 aromatic heterocycles. The van der Waals surface area contributed by atoms with Gasteiger partial charge in [0, 0.05) is 99.6 Å². The summed E-state index contributed by atoms with van der Waals surface area (Å²) in [4.78, 5) is 131. The van der Waals surface area contributed by atoms with Crippen molar-refractivity contribution in [3.05, 3.63) is 160 Å². The molecule has 22 nitrogen and oxygen atoms in total. The lowest BCUT2D eigenvalue weighted by atomic mass is 9.76. The minimum Gasteiger partial charge on any atom is -0.330 e. The van der Waals surface area contributed by atoms with Crippen LogP contribution in [0.4, 0.5) is 43.4 Å². The molecule has 0 radical (unpaired) electrons. The van der Waals surface area contributed by atoms with Crippen molar-refractivity contribution in [2.45, 2.75) is 204 Å². The third-order valence-electron chi connectivity index (χ3n) is 24.7. The van der Waals surface area contributed by atoms with Gasteiger partial charge in [-0.2, -0.15) is 15.8 Å². The Labute approximate surface area is 653 Å². The molecule has 9 heterocycles. The molecule has 3 unspecified atom stereocenters. The third-order valence-corrected chi connectivity index (χ3v) is 24.7. The van der Waals surface area contributed by atoms with Crippen LogP contribution < -0.4 is 21.7 Å². The van der Waals surface area contributed by atoms with Gasteiger partial charge in [-0.3, -0.25) is 43.2 Å². The predicted octanol–water partition coefficient (Wildman–Crippen LogP) is 10.8. The molecule has 0 aliphatic carbocycles. The van der Waals surface area contributed by atoms with Crippen LogP contribution in [-0.2, 0) is 72.2 Å².